The Hall–Kier alpha value is -0.870. The predicted octanol–water partition coefficient (Wildman–Crippen LogP) is 3.02. The van der Waals surface area contributed by atoms with Crippen molar-refractivity contribution in [1.82, 2.24) is 10.2 Å². The topological polar surface area (TPSA) is 38.9 Å². The summed E-state index contributed by atoms with van der Waals surface area (Å²) in [6, 6.07) is 4.04. The van der Waals surface area contributed by atoms with E-state index in [0.29, 0.717) is 18.2 Å². The third-order valence-electron chi connectivity index (χ3n) is 1.73. The minimum Gasteiger partial charge on any atom is -0.423 e. The van der Waals surface area contributed by atoms with Gasteiger partial charge in [0.1, 0.15) is 5.38 Å². The zero-order chi connectivity index (χ0) is 9.97. The van der Waals surface area contributed by atoms with Gasteiger partial charge in [0.05, 0.1) is 6.42 Å². The number of hydrogen-bond donors (Lipinski definition) is 0. The molecular weight excluding hydrogens is 220 g/mol. The molecule has 5 heteroatoms. The maximum absolute atomic E-state index is 5.80. The summed E-state index contributed by atoms with van der Waals surface area (Å²) in [5, 5.41) is 9.57. The third kappa shape index (κ3) is 2.13. The molecule has 0 saturated carbocycles. The van der Waals surface area contributed by atoms with Crippen LogP contribution < -0.4 is 0 Å². The van der Waals surface area contributed by atoms with Gasteiger partial charge in [0, 0.05) is 4.88 Å². The molecule has 74 valence electrons. The van der Waals surface area contributed by atoms with Gasteiger partial charge in [-0.25, -0.2) is 0 Å². The number of thiophene rings is 1. The maximum Gasteiger partial charge on any atom is 0.234 e. The van der Waals surface area contributed by atoms with Crippen molar-refractivity contribution in [2.24, 2.45) is 0 Å². The van der Waals surface area contributed by atoms with Crippen LogP contribution in [-0.4, -0.2) is 10.2 Å². The van der Waals surface area contributed by atoms with Crippen LogP contribution in [0.25, 0.3) is 0 Å². The second-order valence-corrected chi connectivity index (χ2v) is 4.59. The molecule has 0 amide bonds. The third-order valence-corrected chi connectivity index (χ3v) is 2.79. The van der Waals surface area contributed by atoms with Crippen LogP contribution in [0.15, 0.2) is 21.9 Å². The monoisotopic (exact) mass is 228 g/mol. The molecule has 0 bridgehead atoms. The lowest BCUT2D eigenvalue weighted by Crippen LogP contribution is -1.83. The summed E-state index contributed by atoms with van der Waals surface area (Å²) in [6.45, 7) is 1.81. The summed E-state index contributed by atoms with van der Waals surface area (Å²) in [6.07, 6.45) is 0.689. The van der Waals surface area contributed by atoms with Crippen LogP contribution in [0.5, 0.6) is 0 Å². The standard InChI is InChI=1S/C9H9ClN2OS/c1-6(10)9-12-11-8(13-9)5-7-3-2-4-14-7/h2-4,6H,5H2,1H3. The van der Waals surface area contributed by atoms with Crippen molar-refractivity contribution in [3.8, 4) is 0 Å². The van der Waals surface area contributed by atoms with Gasteiger partial charge in [-0.2, -0.15) is 0 Å². The molecule has 2 rings (SSSR count). The van der Waals surface area contributed by atoms with Crippen molar-refractivity contribution in [2.45, 2.75) is 18.7 Å². The normalized spacial score (nSPS) is 13.0. The van der Waals surface area contributed by atoms with Crippen LogP contribution in [-0.2, 0) is 6.42 Å². The summed E-state index contributed by atoms with van der Waals surface area (Å²) in [7, 11) is 0. The molecule has 0 radical (unpaired) electrons. The molecule has 14 heavy (non-hydrogen) atoms. The van der Waals surface area contributed by atoms with Crippen LogP contribution in [0.2, 0.25) is 0 Å². The highest BCUT2D eigenvalue weighted by Gasteiger charge is 2.11. The largest absolute Gasteiger partial charge is 0.423 e. The molecule has 0 fully saturated rings. The molecule has 0 aliphatic heterocycles. The van der Waals surface area contributed by atoms with E-state index in [1.54, 1.807) is 11.3 Å². The van der Waals surface area contributed by atoms with Gasteiger partial charge in [0.2, 0.25) is 11.8 Å². The first kappa shape index (κ1) is 9.68. The van der Waals surface area contributed by atoms with E-state index in [4.69, 9.17) is 16.0 Å². The fourth-order valence-electron chi connectivity index (χ4n) is 1.06. The fourth-order valence-corrected chi connectivity index (χ4v) is 1.85. The first-order valence-electron chi connectivity index (χ1n) is 4.24. The highest BCUT2D eigenvalue weighted by atomic mass is 35.5. The lowest BCUT2D eigenvalue weighted by Gasteiger charge is -1.92. The Morgan fingerprint density at radius 3 is 3.00 bits per heavy atom. The second kappa shape index (κ2) is 4.11. The first-order valence-corrected chi connectivity index (χ1v) is 5.56. The van der Waals surface area contributed by atoms with E-state index < -0.39 is 0 Å². The zero-order valence-electron chi connectivity index (χ0n) is 7.61. The second-order valence-electron chi connectivity index (χ2n) is 2.91. The molecule has 3 nitrogen and oxygen atoms in total. The Morgan fingerprint density at radius 2 is 2.43 bits per heavy atom. The average molecular weight is 229 g/mol. The summed E-state index contributed by atoms with van der Waals surface area (Å²) in [5.41, 5.74) is 0. The SMILES string of the molecule is CC(Cl)c1nnc(Cc2cccs2)o1. The molecule has 0 aliphatic carbocycles. The molecular formula is C9H9ClN2OS. The number of hydrogen-bond acceptors (Lipinski definition) is 4. The number of halogens is 1. The summed E-state index contributed by atoms with van der Waals surface area (Å²) in [5.74, 6) is 1.10. The van der Waals surface area contributed by atoms with Crippen molar-refractivity contribution in [3.63, 3.8) is 0 Å². The van der Waals surface area contributed by atoms with Crippen LogP contribution in [0.3, 0.4) is 0 Å². The maximum atomic E-state index is 5.80. The predicted molar refractivity (Wildman–Crippen MR) is 55.7 cm³/mol. The molecule has 0 spiro atoms. The van der Waals surface area contributed by atoms with Crippen molar-refractivity contribution in [2.75, 3.05) is 0 Å². The summed E-state index contributed by atoms with van der Waals surface area (Å²) >= 11 is 7.48. The minimum absolute atomic E-state index is 0.223. The number of rotatable bonds is 3. The van der Waals surface area contributed by atoms with Crippen LogP contribution in [0.4, 0.5) is 0 Å². The fraction of sp³-hybridized carbons (Fsp3) is 0.333. The van der Waals surface area contributed by atoms with E-state index in [2.05, 4.69) is 10.2 Å². The molecule has 0 N–H and O–H groups in total. The van der Waals surface area contributed by atoms with Crippen LogP contribution in [0.1, 0.15) is 29.0 Å². The van der Waals surface area contributed by atoms with Crippen LogP contribution >= 0.6 is 22.9 Å². The van der Waals surface area contributed by atoms with Crippen molar-refractivity contribution in [3.05, 3.63) is 34.2 Å². The Labute approximate surface area is 90.7 Å². The van der Waals surface area contributed by atoms with E-state index in [1.165, 1.54) is 4.88 Å². The Balaban J connectivity index is 2.11. The molecule has 0 saturated heterocycles. The lowest BCUT2D eigenvalue weighted by atomic mass is 10.3. The summed E-state index contributed by atoms with van der Waals surface area (Å²) in [4.78, 5) is 1.21. The van der Waals surface area contributed by atoms with Crippen molar-refractivity contribution in [1.29, 1.82) is 0 Å². The van der Waals surface area contributed by atoms with E-state index in [9.17, 15) is 0 Å². The molecule has 1 unspecified atom stereocenters. The molecule has 2 aromatic rings. The minimum atomic E-state index is -0.223. The zero-order valence-corrected chi connectivity index (χ0v) is 9.18. The van der Waals surface area contributed by atoms with Gasteiger partial charge >= 0.3 is 0 Å². The molecule has 1 atom stereocenters. The Morgan fingerprint density at radius 1 is 1.57 bits per heavy atom. The van der Waals surface area contributed by atoms with Crippen LogP contribution in [0, 0.1) is 0 Å². The molecule has 2 aromatic heterocycles. The van der Waals surface area contributed by atoms with Gasteiger partial charge in [-0.1, -0.05) is 6.07 Å². The molecule has 0 aromatic carbocycles. The van der Waals surface area contributed by atoms with E-state index in [1.807, 2.05) is 24.4 Å². The van der Waals surface area contributed by atoms with Gasteiger partial charge in [-0.3, -0.25) is 0 Å². The average Bonchev–Trinajstić information content (AvgIpc) is 2.75. The summed E-state index contributed by atoms with van der Waals surface area (Å²) < 4.78 is 5.37. The molecule has 2 heterocycles. The van der Waals surface area contributed by atoms with Gasteiger partial charge in [0.15, 0.2) is 0 Å². The smallest absolute Gasteiger partial charge is 0.234 e. The van der Waals surface area contributed by atoms with Gasteiger partial charge in [-0.15, -0.1) is 33.1 Å². The first-order chi connectivity index (χ1) is 6.75. The van der Waals surface area contributed by atoms with Gasteiger partial charge < -0.3 is 4.42 Å². The highest BCUT2D eigenvalue weighted by molar-refractivity contribution is 7.09. The number of aromatic nitrogens is 2. The Kier molecular flexibility index (Phi) is 2.84. The van der Waals surface area contributed by atoms with E-state index in [-0.39, 0.29) is 5.38 Å². The highest BCUT2D eigenvalue weighted by Crippen LogP contribution is 2.19. The van der Waals surface area contributed by atoms with Gasteiger partial charge in [-0.05, 0) is 18.4 Å². The van der Waals surface area contributed by atoms with Crippen molar-refractivity contribution < 1.29 is 4.42 Å². The van der Waals surface area contributed by atoms with Gasteiger partial charge in [0.25, 0.3) is 0 Å². The van der Waals surface area contributed by atoms with E-state index >= 15 is 0 Å². The van der Waals surface area contributed by atoms with Crippen molar-refractivity contribution >= 4 is 22.9 Å². The number of nitrogens with zero attached hydrogens (tertiary/aromatic N) is 2. The number of alkyl halides is 1. The molecule has 0 aliphatic rings. The van der Waals surface area contributed by atoms with E-state index in [0.717, 1.165) is 0 Å². The quantitative estimate of drug-likeness (QED) is 0.758. The Bertz CT molecular complexity index is 397. The lowest BCUT2D eigenvalue weighted by molar-refractivity contribution is 0.459.